The summed E-state index contributed by atoms with van der Waals surface area (Å²) in [4.78, 5) is 0. The van der Waals surface area contributed by atoms with Gasteiger partial charge in [-0.2, -0.15) is 0 Å². The summed E-state index contributed by atoms with van der Waals surface area (Å²) in [6.07, 6.45) is 0.804. The number of phenolic OH excluding ortho intramolecular Hbond substituents is 3. The first-order valence-corrected chi connectivity index (χ1v) is 6.22. The zero-order chi connectivity index (χ0) is 13.4. The Labute approximate surface area is 111 Å². The summed E-state index contributed by atoms with van der Waals surface area (Å²) in [5, 5.41) is 32.2. The normalized spacial score (nSPS) is 18.0. The topological polar surface area (TPSA) is 72.7 Å². The number of aromatic hydroxyl groups is 3. The molecule has 0 fully saturated rings. The van der Waals surface area contributed by atoms with Gasteiger partial charge in [0.1, 0.15) is 5.75 Å². The van der Waals surface area contributed by atoms with Crippen molar-refractivity contribution >= 4 is 0 Å². The van der Waals surface area contributed by atoms with Gasteiger partial charge in [-0.1, -0.05) is 12.1 Å². The van der Waals surface area contributed by atoms with Crippen LogP contribution in [0.15, 0.2) is 36.4 Å². The van der Waals surface area contributed by atoms with Crippen molar-refractivity contribution in [3.8, 4) is 17.2 Å². The molecule has 0 aliphatic carbocycles. The van der Waals surface area contributed by atoms with Gasteiger partial charge in [-0.3, -0.25) is 0 Å². The summed E-state index contributed by atoms with van der Waals surface area (Å²) in [5.41, 5.74) is 2.89. The molecular weight excluding hydrogens is 242 g/mol. The lowest BCUT2D eigenvalue weighted by atomic mass is 9.89. The lowest BCUT2D eigenvalue weighted by Gasteiger charge is -2.27. The molecular formula is C15H15NO3. The number of nitrogens with one attached hydrogen (secondary N) is 1. The molecule has 0 radical (unpaired) electrons. The molecule has 4 N–H and O–H groups in total. The van der Waals surface area contributed by atoms with Crippen LogP contribution in [-0.4, -0.2) is 21.9 Å². The first kappa shape index (κ1) is 11.9. The lowest BCUT2D eigenvalue weighted by molar-refractivity contribution is 0.400. The van der Waals surface area contributed by atoms with Crippen LogP contribution >= 0.6 is 0 Å². The van der Waals surface area contributed by atoms with Crippen molar-refractivity contribution in [2.45, 2.75) is 12.5 Å². The van der Waals surface area contributed by atoms with Crippen molar-refractivity contribution in [1.29, 1.82) is 0 Å². The molecule has 0 spiro atoms. The predicted octanol–water partition coefficient (Wildman–Crippen LogP) is 2.04. The van der Waals surface area contributed by atoms with Crippen molar-refractivity contribution in [1.82, 2.24) is 5.32 Å². The van der Waals surface area contributed by atoms with Crippen molar-refractivity contribution in [3.05, 3.63) is 53.1 Å². The van der Waals surface area contributed by atoms with Crippen LogP contribution < -0.4 is 5.32 Å². The molecule has 98 valence electrons. The number of rotatable bonds is 1. The third-order valence-electron chi connectivity index (χ3n) is 3.49. The highest BCUT2D eigenvalue weighted by Gasteiger charge is 2.23. The molecule has 1 aliphatic heterocycles. The Balaban J connectivity index is 2.10. The minimum atomic E-state index is -0.118. The van der Waals surface area contributed by atoms with Gasteiger partial charge >= 0.3 is 0 Å². The predicted molar refractivity (Wildman–Crippen MR) is 71.4 cm³/mol. The van der Waals surface area contributed by atoms with Crippen LogP contribution in [0.1, 0.15) is 22.7 Å². The van der Waals surface area contributed by atoms with Crippen LogP contribution in [-0.2, 0) is 6.42 Å². The molecule has 2 aromatic carbocycles. The van der Waals surface area contributed by atoms with Crippen LogP contribution in [0.3, 0.4) is 0 Å². The maximum Gasteiger partial charge on any atom is 0.157 e. The van der Waals surface area contributed by atoms with Gasteiger partial charge in [0.15, 0.2) is 11.5 Å². The third-order valence-corrected chi connectivity index (χ3v) is 3.49. The van der Waals surface area contributed by atoms with E-state index in [1.54, 1.807) is 30.3 Å². The molecule has 0 saturated carbocycles. The van der Waals surface area contributed by atoms with Crippen LogP contribution in [0.4, 0.5) is 0 Å². The second-order valence-corrected chi connectivity index (χ2v) is 4.77. The van der Waals surface area contributed by atoms with Gasteiger partial charge in [-0.15, -0.1) is 0 Å². The molecule has 0 saturated heterocycles. The van der Waals surface area contributed by atoms with E-state index in [1.807, 2.05) is 6.07 Å². The molecule has 0 bridgehead atoms. The number of fused-ring (bicyclic) bond motifs is 1. The molecule has 4 heteroatoms. The summed E-state index contributed by atoms with van der Waals surface area (Å²) < 4.78 is 0. The molecule has 0 unspecified atom stereocenters. The lowest BCUT2D eigenvalue weighted by Crippen LogP contribution is -2.30. The van der Waals surface area contributed by atoms with E-state index in [1.165, 1.54) is 0 Å². The van der Waals surface area contributed by atoms with Crippen molar-refractivity contribution in [2.24, 2.45) is 0 Å². The Morgan fingerprint density at radius 2 is 1.79 bits per heavy atom. The first-order chi connectivity index (χ1) is 9.15. The van der Waals surface area contributed by atoms with E-state index in [2.05, 4.69) is 5.32 Å². The summed E-state index contributed by atoms with van der Waals surface area (Å²) in [6.45, 7) is 0.789. The van der Waals surface area contributed by atoms with E-state index in [4.69, 9.17) is 0 Å². The maximum absolute atomic E-state index is 9.67. The Morgan fingerprint density at radius 3 is 2.58 bits per heavy atom. The largest absolute Gasteiger partial charge is 0.508 e. The van der Waals surface area contributed by atoms with Crippen molar-refractivity contribution < 1.29 is 15.3 Å². The molecule has 1 heterocycles. The summed E-state index contributed by atoms with van der Waals surface area (Å²) >= 11 is 0. The average Bonchev–Trinajstić information content (AvgIpc) is 2.39. The number of benzene rings is 2. The summed E-state index contributed by atoms with van der Waals surface area (Å²) in [5.74, 6) is 0.0114. The molecule has 4 nitrogen and oxygen atoms in total. The molecule has 19 heavy (non-hydrogen) atoms. The minimum absolute atomic E-state index is 0.0812. The molecule has 1 atom stereocenters. The quantitative estimate of drug-likeness (QED) is 0.590. The summed E-state index contributed by atoms with van der Waals surface area (Å²) in [6, 6.07) is 10.2. The van der Waals surface area contributed by atoms with E-state index in [9.17, 15) is 15.3 Å². The fourth-order valence-corrected chi connectivity index (χ4v) is 2.58. The van der Waals surface area contributed by atoms with E-state index in [-0.39, 0.29) is 23.3 Å². The second-order valence-electron chi connectivity index (χ2n) is 4.77. The Kier molecular flexibility index (Phi) is 2.80. The molecule has 0 amide bonds. The highest BCUT2D eigenvalue weighted by molar-refractivity contribution is 5.50. The van der Waals surface area contributed by atoms with E-state index >= 15 is 0 Å². The highest BCUT2D eigenvalue weighted by atomic mass is 16.3. The molecule has 0 aromatic heterocycles. The highest BCUT2D eigenvalue weighted by Crippen LogP contribution is 2.36. The van der Waals surface area contributed by atoms with Crippen LogP contribution in [0, 0.1) is 0 Å². The standard InChI is InChI=1S/C15H15NO3/c17-11-3-1-2-10(6-11)15-12-8-14(19)13(18)7-9(12)4-5-16-15/h1-3,6-8,15-19H,4-5H2/t15-/m1/s1. The van der Waals surface area contributed by atoms with Gasteiger partial charge in [0.2, 0.25) is 0 Å². The number of hydrogen-bond donors (Lipinski definition) is 4. The summed E-state index contributed by atoms with van der Waals surface area (Å²) in [7, 11) is 0. The van der Waals surface area contributed by atoms with Crippen molar-refractivity contribution in [3.63, 3.8) is 0 Å². The fraction of sp³-hybridized carbons (Fsp3) is 0.200. The smallest absolute Gasteiger partial charge is 0.157 e. The van der Waals surface area contributed by atoms with Gasteiger partial charge in [-0.05, 0) is 47.4 Å². The maximum atomic E-state index is 9.67. The van der Waals surface area contributed by atoms with Crippen molar-refractivity contribution in [2.75, 3.05) is 6.54 Å². The average molecular weight is 257 g/mol. The zero-order valence-electron chi connectivity index (χ0n) is 10.3. The van der Waals surface area contributed by atoms with E-state index in [0.717, 1.165) is 29.7 Å². The Bertz CT molecular complexity index is 625. The second kappa shape index (κ2) is 4.48. The molecule has 1 aliphatic rings. The zero-order valence-corrected chi connectivity index (χ0v) is 10.3. The number of hydrogen-bond acceptors (Lipinski definition) is 4. The number of phenols is 3. The fourth-order valence-electron chi connectivity index (χ4n) is 2.58. The van der Waals surface area contributed by atoms with Gasteiger partial charge in [-0.25, -0.2) is 0 Å². The van der Waals surface area contributed by atoms with Crippen LogP contribution in [0.25, 0.3) is 0 Å². The van der Waals surface area contributed by atoms with Crippen LogP contribution in [0.5, 0.6) is 17.2 Å². The van der Waals surface area contributed by atoms with Gasteiger partial charge in [0, 0.05) is 6.54 Å². The third kappa shape index (κ3) is 2.11. The van der Waals surface area contributed by atoms with Gasteiger partial charge < -0.3 is 20.6 Å². The Hall–Kier alpha value is -2.20. The first-order valence-electron chi connectivity index (χ1n) is 6.22. The monoisotopic (exact) mass is 257 g/mol. The molecule has 3 rings (SSSR count). The SMILES string of the molecule is Oc1cccc([C@H]2NCCc3cc(O)c(O)cc32)c1. The molecule has 2 aromatic rings. The van der Waals surface area contributed by atoms with Gasteiger partial charge in [0.05, 0.1) is 6.04 Å². The van der Waals surface area contributed by atoms with Crippen LogP contribution in [0.2, 0.25) is 0 Å². The van der Waals surface area contributed by atoms with E-state index in [0.29, 0.717) is 0 Å². The van der Waals surface area contributed by atoms with Gasteiger partial charge in [0.25, 0.3) is 0 Å². The van der Waals surface area contributed by atoms with E-state index < -0.39 is 0 Å². The Morgan fingerprint density at radius 1 is 1.00 bits per heavy atom. The minimum Gasteiger partial charge on any atom is -0.508 e.